The molecule has 1 fully saturated rings. The zero-order chi connectivity index (χ0) is 8.72. The van der Waals surface area contributed by atoms with Crippen LogP contribution in [0.3, 0.4) is 0 Å². The number of fused-ring (bicyclic) bond motifs is 1. The van der Waals surface area contributed by atoms with Crippen LogP contribution in [-0.4, -0.2) is 32.3 Å². The van der Waals surface area contributed by atoms with Crippen LogP contribution in [-0.2, 0) is 4.79 Å². The van der Waals surface area contributed by atoms with Crippen LogP contribution < -0.4 is 0 Å². The van der Waals surface area contributed by atoms with Gasteiger partial charge in [0.1, 0.15) is 0 Å². The lowest BCUT2D eigenvalue weighted by atomic mass is 10.2. The summed E-state index contributed by atoms with van der Waals surface area (Å²) in [7, 11) is -1.04. The Hall–Kier alpha value is -0.970. The standard InChI is InChI=1S/C7H9NO3S/c9-5-4-6-8(5)2-1-3-12(6)7(10)11/h1-2,6,12H,3-4H2,(H,10,11). The summed E-state index contributed by atoms with van der Waals surface area (Å²) in [6.45, 7) is 0. The van der Waals surface area contributed by atoms with Gasteiger partial charge in [-0.3, -0.25) is 4.79 Å². The zero-order valence-electron chi connectivity index (χ0n) is 6.30. The average molecular weight is 187 g/mol. The van der Waals surface area contributed by atoms with Gasteiger partial charge in [0.2, 0.25) is 5.91 Å². The van der Waals surface area contributed by atoms with Crippen LogP contribution in [0, 0.1) is 0 Å². The van der Waals surface area contributed by atoms with Gasteiger partial charge < -0.3 is 10.0 Å². The minimum Gasteiger partial charge on any atom is -0.474 e. The van der Waals surface area contributed by atoms with Gasteiger partial charge in [0.25, 0.3) is 0 Å². The highest BCUT2D eigenvalue weighted by Crippen LogP contribution is 2.44. The van der Waals surface area contributed by atoms with Gasteiger partial charge in [-0.1, -0.05) is 6.08 Å². The van der Waals surface area contributed by atoms with Crippen LogP contribution in [0.5, 0.6) is 0 Å². The monoisotopic (exact) mass is 187 g/mol. The van der Waals surface area contributed by atoms with Crippen molar-refractivity contribution >= 4 is 22.1 Å². The van der Waals surface area contributed by atoms with Gasteiger partial charge in [-0.25, -0.2) is 4.79 Å². The Labute approximate surface area is 72.2 Å². The van der Waals surface area contributed by atoms with Crippen molar-refractivity contribution in [1.29, 1.82) is 0 Å². The largest absolute Gasteiger partial charge is 0.474 e. The lowest BCUT2D eigenvalue weighted by molar-refractivity contribution is -0.137. The molecule has 66 valence electrons. The number of β-lactam (4-membered cyclic amide) rings is 1. The van der Waals surface area contributed by atoms with E-state index in [0.717, 1.165) is 0 Å². The molecule has 2 atom stereocenters. The van der Waals surface area contributed by atoms with Crippen molar-refractivity contribution in [2.75, 3.05) is 5.75 Å². The van der Waals surface area contributed by atoms with Crippen molar-refractivity contribution in [3.8, 4) is 0 Å². The molecule has 0 aromatic heterocycles. The van der Waals surface area contributed by atoms with Crippen molar-refractivity contribution in [2.24, 2.45) is 0 Å². The van der Waals surface area contributed by atoms with Gasteiger partial charge in [-0.15, -0.1) is 10.9 Å². The third-order valence-corrected chi connectivity index (χ3v) is 4.39. The lowest BCUT2D eigenvalue weighted by Gasteiger charge is -2.45. The average Bonchev–Trinajstić information content (AvgIpc) is 2.02. The van der Waals surface area contributed by atoms with Gasteiger partial charge in [-0.2, -0.15) is 0 Å². The third-order valence-electron chi connectivity index (χ3n) is 2.14. The molecule has 4 nitrogen and oxygen atoms in total. The van der Waals surface area contributed by atoms with E-state index < -0.39 is 16.2 Å². The first-order chi connectivity index (χ1) is 5.70. The van der Waals surface area contributed by atoms with Crippen LogP contribution in [0.25, 0.3) is 0 Å². The number of thiol groups is 1. The minimum atomic E-state index is -1.04. The van der Waals surface area contributed by atoms with Gasteiger partial charge >= 0.3 is 5.30 Å². The van der Waals surface area contributed by atoms with E-state index in [2.05, 4.69) is 0 Å². The molecular weight excluding hydrogens is 178 g/mol. The summed E-state index contributed by atoms with van der Waals surface area (Å²) < 4.78 is 0. The molecule has 0 radical (unpaired) electrons. The second-order valence-electron chi connectivity index (χ2n) is 2.81. The predicted octanol–water partition coefficient (Wildman–Crippen LogP) is 0.751. The van der Waals surface area contributed by atoms with E-state index >= 15 is 0 Å². The van der Waals surface area contributed by atoms with E-state index in [1.54, 1.807) is 17.2 Å². The number of carbonyl (C=O) groups is 2. The van der Waals surface area contributed by atoms with Crippen molar-refractivity contribution in [3.05, 3.63) is 12.3 Å². The van der Waals surface area contributed by atoms with Gasteiger partial charge in [0, 0.05) is 12.0 Å². The summed E-state index contributed by atoms with van der Waals surface area (Å²) in [6.07, 6.45) is 3.90. The Balaban J connectivity index is 2.17. The van der Waals surface area contributed by atoms with E-state index in [-0.39, 0.29) is 11.3 Å². The van der Waals surface area contributed by atoms with Crippen LogP contribution in [0.1, 0.15) is 6.42 Å². The molecule has 0 spiro atoms. The number of amides is 1. The van der Waals surface area contributed by atoms with Gasteiger partial charge in [0.15, 0.2) is 0 Å². The molecule has 1 amide bonds. The quantitative estimate of drug-likeness (QED) is 0.434. The molecule has 2 aliphatic heterocycles. The molecule has 1 saturated heterocycles. The Morgan fingerprint density at radius 3 is 3.08 bits per heavy atom. The smallest absolute Gasteiger partial charge is 0.346 e. The van der Waals surface area contributed by atoms with Crippen molar-refractivity contribution in [2.45, 2.75) is 11.8 Å². The number of hydrogen-bond donors (Lipinski definition) is 2. The lowest BCUT2D eigenvalue weighted by Crippen LogP contribution is -2.51. The van der Waals surface area contributed by atoms with E-state index in [0.29, 0.717) is 12.2 Å². The fourth-order valence-corrected chi connectivity index (χ4v) is 3.32. The highest BCUT2D eigenvalue weighted by molar-refractivity contribution is 8.30. The third kappa shape index (κ3) is 0.929. The summed E-state index contributed by atoms with van der Waals surface area (Å²) in [5.41, 5.74) is 0. The second kappa shape index (κ2) is 2.52. The summed E-state index contributed by atoms with van der Waals surface area (Å²) >= 11 is 0. The number of nitrogens with zero attached hydrogens (tertiary/aromatic N) is 1. The van der Waals surface area contributed by atoms with Crippen LogP contribution >= 0.6 is 10.9 Å². The number of hydrogen-bond acceptors (Lipinski definition) is 2. The Morgan fingerprint density at radius 1 is 1.75 bits per heavy atom. The summed E-state index contributed by atoms with van der Waals surface area (Å²) in [4.78, 5) is 23.2. The molecule has 1 N–H and O–H groups in total. The van der Waals surface area contributed by atoms with Crippen LogP contribution in [0.15, 0.2) is 12.3 Å². The summed E-state index contributed by atoms with van der Waals surface area (Å²) in [6, 6.07) is 0. The molecule has 2 unspecified atom stereocenters. The molecule has 0 aliphatic carbocycles. The second-order valence-corrected chi connectivity index (χ2v) is 5.09. The van der Waals surface area contributed by atoms with Crippen molar-refractivity contribution < 1.29 is 14.7 Å². The highest BCUT2D eigenvalue weighted by atomic mass is 32.2. The maximum Gasteiger partial charge on any atom is 0.346 e. The molecule has 2 heterocycles. The molecule has 0 bridgehead atoms. The highest BCUT2D eigenvalue weighted by Gasteiger charge is 2.42. The van der Waals surface area contributed by atoms with Crippen molar-refractivity contribution in [1.82, 2.24) is 4.90 Å². The number of carboxylic acid groups (broad SMARTS) is 1. The number of carbonyl (C=O) groups excluding carboxylic acids is 1. The topological polar surface area (TPSA) is 57.6 Å². The molecule has 12 heavy (non-hydrogen) atoms. The molecule has 0 saturated carbocycles. The number of rotatable bonds is 0. The molecular formula is C7H9NO3S. The maximum atomic E-state index is 10.9. The van der Waals surface area contributed by atoms with Gasteiger partial charge in [0.05, 0.1) is 11.8 Å². The SMILES string of the molecule is O=C1CC2N1C=CC[SH]2C(=O)O. The summed E-state index contributed by atoms with van der Waals surface area (Å²) in [5, 5.41) is 8.05. The first-order valence-electron chi connectivity index (χ1n) is 3.67. The van der Waals surface area contributed by atoms with E-state index in [4.69, 9.17) is 5.11 Å². The first kappa shape index (κ1) is 7.67. The molecule has 2 rings (SSSR count). The fourth-order valence-electron chi connectivity index (χ4n) is 1.46. The van der Waals surface area contributed by atoms with Crippen LogP contribution in [0.4, 0.5) is 4.79 Å². The van der Waals surface area contributed by atoms with Crippen molar-refractivity contribution in [3.63, 3.8) is 0 Å². The first-order valence-corrected chi connectivity index (χ1v) is 5.27. The van der Waals surface area contributed by atoms with E-state index in [1.807, 2.05) is 0 Å². The fraction of sp³-hybridized carbons (Fsp3) is 0.429. The molecule has 0 aromatic rings. The molecule has 2 aliphatic rings. The summed E-state index contributed by atoms with van der Waals surface area (Å²) in [5.74, 6) is 0.656. The van der Waals surface area contributed by atoms with Gasteiger partial charge in [-0.05, 0) is 0 Å². The Bertz CT molecular complexity index is 276. The predicted molar refractivity (Wildman–Crippen MR) is 46.3 cm³/mol. The zero-order valence-corrected chi connectivity index (χ0v) is 7.20. The Morgan fingerprint density at radius 2 is 2.50 bits per heavy atom. The van der Waals surface area contributed by atoms with E-state index in [1.165, 1.54) is 0 Å². The van der Waals surface area contributed by atoms with E-state index in [9.17, 15) is 9.59 Å². The van der Waals surface area contributed by atoms with Crippen LogP contribution in [0.2, 0.25) is 0 Å². The molecule has 5 heteroatoms. The normalized spacial score (nSPS) is 35.7. The molecule has 0 aromatic carbocycles. The minimum absolute atomic E-state index is 0.0185. The Kier molecular flexibility index (Phi) is 1.61. The maximum absolute atomic E-state index is 10.9.